The van der Waals surface area contributed by atoms with E-state index in [1.807, 2.05) is 63.8 Å². The van der Waals surface area contributed by atoms with Gasteiger partial charge in [0.2, 0.25) is 5.91 Å². The van der Waals surface area contributed by atoms with Gasteiger partial charge in [-0.2, -0.15) is 0 Å². The molecule has 3 rings (SSSR count). The minimum Gasteiger partial charge on any atom is -0.463 e. The van der Waals surface area contributed by atoms with Gasteiger partial charge in [-0.3, -0.25) is 9.59 Å². The Balaban J connectivity index is 1.92. The van der Waals surface area contributed by atoms with E-state index in [4.69, 9.17) is 4.74 Å². The van der Waals surface area contributed by atoms with Gasteiger partial charge in [0.25, 0.3) is 0 Å². The minimum absolute atomic E-state index is 0.0551. The average molecular weight is 418 g/mol. The summed E-state index contributed by atoms with van der Waals surface area (Å²) in [6, 6.07) is 7.73. The van der Waals surface area contributed by atoms with Crippen LogP contribution in [-0.2, 0) is 25.1 Å². The molecule has 1 aromatic carbocycles. The van der Waals surface area contributed by atoms with Crippen molar-refractivity contribution in [2.75, 3.05) is 6.54 Å². The first-order valence-corrected chi connectivity index (χ1v) is 11.6. The van der Waals surface area contributed by atoms with Crippen LogP contribution in [0.4, 0.5) is 0 Å². The lowest BCUT2D eigenvalue weighted by Crippen LogP contribution is -2.45. The van der Waals surface area contributed by atoms with Crippen LogP contribution >= 0.6 is 0 Å². The lowest BCUT2D eigenvalue weighted by atomic mass is 9.78. The van der Waals surface area contributed by atoms with Crippen LogP contribution in [0.3, 0.4) is 0 Å². The molecule has 2 aliphatic rings. The zero-order chi connectivity index (χ0) is 21.3. The molecular formula is C23H31NO4S. The van der Waals surface area contributed by atoms with Crippen LogP contribution in [0.25, 0.3) is 0 Å². The molecule has 0 N–H and O–H groups in total. The van der Waals surface area contributed by atoms with Crippen LogP contribution in [0.15, 0.2) is 39.8 Å². The highest BCUT2D eigenvalue weighted by Crippen LogP contribution is 2.44. The molecule has 1 aromatic rings. The average Bonchev–Trinajstić information content (AvgIpc) is 3.11. The number of ether oxygens (including phenoxy) is 1. The van der Waals surface area contributed by atoms with E-state index < -0.39 is 10.8 Å². The molecule has 0 bridgehead atoms. The second kappa shape index (κ2) is 8.82. The Bertz CT molecular complexity index is 843. The van der Waals surface area contributed by atoms with Gasteiger partial charge in [-0.15, -0.1) is 0 Å². The number of fused-ring (bicyclic) bond motifs is 1. The van der Waals surface area contributed by atoms with Crippen LogP contribution in [0.1, 0.15) is 52.5 Å². The first-order chi connectivity index (χ1) is 13.7. The number of nitrogens with zero attached hydrogens (tertiary/aromatic N) is 1. The Labute approximate surface area is 176 Å². The van der Waals surface area contributed by atoms with Crippen molar-refractivity contribution in [3.63, 3.8) is 0 Å². The second-order valence-corrected chi connectivity index (χ2v) is 9.97. The Hall–Kier alpha value is -1.95. The molecular weight excluding hydrogens is 386 g/mol. The van der Waals surface area contributed by atoms with Gasteiger partial charge in [-0.05, 0) is 51.7 Å². The molecule has 1 fully saturated rings. The summed E-state index contributed by atoms with van der Waals surface area (Å²) >= 11 is 0. The predicted molar refractivity (Wildman–Crippen MR) is 113 cm³/mol. The predicted octanol–water partition coefficient (Wildman–Crippen LogP) is 4.18. The Morgan fingerprint density at radius 1 is 1.24 bits per heavy atom. The standard InChI is InChI=1S/C23H31NO4S/c1-14(2)28-20(25)13-16(4)21-17(5)22(19-7-6-12-24(19)23(21)26)29(27)18-10-8-15(3)9-11-18/h8-11,14,16-17,21H,6-7,12-13H2,1-5H3/t16?,17-,21-,29?/m1/s1. The number of rotatable bonds is 6. The molecule has 0 aliphatic carbocycles. The van der Waals surface area contributed by atoms with Crippen LogP contribution in [0.2, 0.25) is 0 Å². The largest absolute Gasteiger partial charge is 0.463 e. The number of amides is 1. The van der Waals surface area contributed by atoms with Crippen molar-refractivity contribution in [2.45, 2.75) is 64.9 Å². The van der Waals surface area contributed by atoms with Crippen LogP contribution in [0, 0.1) is 24.7 Å². The summed E-state index contributed by atoms with van der Waals surface area (Å²) in [7, 11) is -1.32. The summed E-state index contributed by atoms with van der Waals surface area (Å²) < 4.78 is 18.8. The third kappa shape index (κ3) is 4.47. The van der Waals surface area contributed by atoms with Gasteiger partial charge in [0.05, 0.1) is 16.9 Å². The fourth-order valence-electron chi connectivity index (χ4n) is 4.50. The van der Waals surface area contributed by atoms with Gasteiger partial charge >= 0.3 is 5.97 Å². The van der Waals surface area contributed by atoms with Crippen LogP contribution < -0.4 is 0 Å². The van der Waals surface area contributed by atoms with Crippen LogP contribution in [-0.4, -0.2) is 33.6 Å². The van der Waals surface area contributed by atoms with Gasteiger partial charge in [-0.25, -0.2) is 4.21 Å². The smallest absolute Gasteiger partial charge is 0.306 e. The fourth-order valence-corrected chi connectivity index (χ4v) is 6.04. The number of hydrogen-bond donors (Lipinski definition) is 0. The summed E-state index contributed by atoms with van der Waals surface area (Å²) in [5, 5.41) is 0. The number of allylic oxidation sites excluding steroid dienone is 2. The van der Waals surface area contributed by atoms with E-state index in [9.17, 15) is 13.8 Å². The molecule has 158 valence electrons. The highest BCUT2D eigenvalue weighted by atomic mass is 32.2. The first-order valence-electron chi connectivity index (χ1n) is 10.4. The Morgan fingerprint density at radius 3 is 2.52 bits per heavy atom. The number of carbonyl (C=O) groups excluding carboxylic acids is 2. The molecule has 0 aromatic heterocycles. The van der Waals surface area contributed by atoms with Crippen molar-refractivity contribution in [2.24, 2.45) is 17.8 Å². The molecule has 0 saturated carbocycles. The maximum Gasteiger partial charge on any atom is 0.306 e. The molecule has 29 heavy (non-hydrogen) atoms. The van der Waals surface area contributed by atoms with Gasteiger partial charge in [-0.1, -0.05) is 31.5 Å². The normalized spacial score (nSPS) is 23.9. The monoisotopic (exact) mass is 417 g/mol. The topological polar surface area (TPSA) is 63.7 Å². The number of esters is 1. The molecule has 4 atom stereocenters. The van der Waals surface area contributed by atoms with E-state index in [2.05, 4.69) is 0 Å². The van der Waals surface area contributed by atoms with Gasteiger partial charge in [0.15, 0.2) is 0 Å². The van der Waals surface area contributed by atoms with Crippen molar-refractivity contribution in [3.8, 4) is 0 Å². The molecule has 5 nitrogen and oxygen atoms in total. The number of hydrogen-bond acceptors (Lipinski definition) is 4. The summed E-state index contributed by atoms with van der Waals surface area (Å²) in [4.78, 5) is 28.9. The SMILES string of the molecule is Cc1ccc(S(=O)C2=C3CCCN3C(=O)[C@H](C(C)CC(=O)OC(C)C)[C@H]2C)cc1. The molecule has 0 spiro atoms. The maximum absolute atomic E-state index is 13.5. The van der Waals surface area contributed by atoms with E-state index in [1.54, 1.807) is 0 Å². The lowest BCUT2D eigenvalue weighted by molar-refractivity contribution is -0.149. The van der Waals surface area contributed by atoms with Crippen molar-refractivity contribution < 1.29 is 18.5 Å². The molecule has 2 aliphatic heterocycles. The zero-order valence-corrected chi connectivity index (χ0v) is 18.8. The first kappa shape index (κ1) is 21.8. The van der Waals surface area contributed by atoms with Crippen molar-refractivity contribution in [3.05, 3.63) is 40.4 Å². The second-order valence-electron chi connectivity index (χ2n) is 8.52. The van der Waals surface area contributed by atoms with Crippen molar-refractivity contribution in [1.29, 1.82) is 0 Å². The molecule has 1 saturated heterocycles. The summed E-state index contributed by atoms with van der Waals surface area (Å²) in [5.41, 5.74) is 2.04. The van der Waals surface area contributed by atoms with Crippen LogP contribution in [0.5, 0.6) is 0 Å². The quantitative estimate of drug-likeness (QED) is 0.652. The molecule has 6 heteroatoms. The summed E-state index contributed by atoms with van der Waals surface area (Å²) in [5.74, 6) is -0.975. The van der Waals surface area contributed by atoms with E-state index in [0.29, 0.717) is 6.54 Å². The van der Waals surface area contributed by atoms with E-state index in [-0.39, 0.29) is 42.2 Å². The van der Waals surface area contributed by atoms with Gasteiger partial charge in [0, 0.05) is 40.3 Å². The van der Waals surface area contributed by atoms with E-state index in [0.717, 1.165) is 33.9 Å². The van der Waals surface area contributed by atoms with E-state index in [1.165, 1.54) is 0 Å². The fraction of sp³-hybridized carbons (Fsp3) is 0.565. The minimum atomic E-state index is -1.32. The van der Waals surface area contributed by atoms with E-state index >= 15 is 0 Å². The number of carbonyl (C=O) groups is 2. The highest BCUT2D eigenvalue weighted by molar-refractivity contribution is 7.89. The Kier molecular flexibility index (Phi) is 6.62. The molecule has 2 heterocycles. The molecule has 1 amide bonds. The zero-order valence-electron chi connectivity index (χ0n) is 17.9. The third-order valence-corrected chi connectivity index (χ3v) is 7.52. The Morgan fingerprint density at radius 2 is 1.90 bits per heavy atom. The molecule has 0 radical (unpaired) electrons. The third-order valence-electron chi connectivity index (χ3n) is 5.81. The lowest BCUT2D eigenvalue weighted by Gasteiger charge is -2.39. The summed E-state index contributed by atoms with van der Waals surface area (Å²) in [6.45, 7) is 10.2. The van der Waals surface area contributed by atoms with Crippen molar-refractivity contribution >= 4 is 22.7 Å². The molecule has 2 unspecified atom stereocenters. The van der Waals surface area contributed by atoms with Gasteiger partial charge in [0.1, 0.15) is 0 Å². The van der Waals surface area contributed by atoms with Gasteiger partial charge < -0.3 is 9.64 Å². The number of aryl methyl sites for hydroxylation is 1. The number of benzene rings is 1. The van der Waals surface area contributed by atoms with Crippen molar-refractivity contribution in [1.82, 2.24) is 4.90 Å². The summed E-state index contributed by atoms with van der Waals surface area (Å²) in [6.07, 6.45) is 1.68. The maximum atomic E-state index is 13.5. The highest BCUT2D eigenvalue weighted by Gasteiger charge is 2.46.